The summed E-state index contributed by atoms with van der Waals surface area (Å²) >= 11 is 0. The van der Waals surface area contributed by atoms with Crippen LogP contribution in [0.25, 0.3) is 11.4 Å². The number of pyridine rings is 1. The number of hydrogen-bond acceptors (Lipinski definition) is 4. The quantitative estimate of drug-likeness (QED) is 0.650. The zero-order valence-electron chi connectivity index (χ0n) is 14.0. The molecule has 0 aliphatic heterocycles. The van der Waals surface area contributed by atoms with Gasteiger partial charge in [0.1, 0.15) is 5.75 Å². The number of nitrogens with one attached hydrogen (secondary N) is 2. The molecule has 0 radical (unpaired) electrons. The lowest BCUT2D eigenvalue weighted by Crippen LogP contribution is -2.24. The molecule has 0 atom stereocenters. The lowest BCUT2D eigenvalue weighted by Gasteiger charge is -2.06. The highest BCUT2D eigenvalue weighted by molar-refractivity contribution is 5.94. The van der Waals surface area contributed by atoms with Gasteiger partial charge in [-0.1, -0.05) is 12.1 Å². The van der Waals surface area contributed by atoms with E-state index in [0.717, 1.165) is 30.0 Å². The van der Waals surface area contributed by atoms with Gasteiger partial charge in [-0.3, -0.25) is 14.9 Å². The summed E-state index contributed by atoms with van der Waals surface area (Å²) in [6, 6.07) is 13.4. The van der Waals surface area contributed by atoms with Gasteiger partial charge in [0.15, 0.2) is 0 Å². The Morgan fingerprint density at radius 3 is 2.64 bits per heavy atom. The molecule has 0 spiro atoms. The smallest absolute Gasteiger partial charge is 0.252 e. The van der Waals surface area contributed by atoms with E-state index in [-0.39, 0.29) is 5.91 Å². The summed E-state index contributed by atoms with van der Waals surface area (Å²) in [4.78, 5) is 16.4. The van der Waals surface area contributed by atoms with Crippen molar-refractivity contribution in [1.29, 1.82) is 0 Å². The van der Waals surface area contributed by atoms with Crippen LogP contribution in [-0.2, 0) is 6.42 Å². The second kappa shape index (κ2) is 8.10. The van der Waals surface area contributed by atoms with Crippen LogP contribution in [0.3, 0.4) is 0 Å². The molecule has 0 bridgehead atoms. The standard InChI is InChI=1S/C19H20N4O2/c1-25-16-7-4-14(5-8-16)3-2-11-20-19(24)15-6-9-17(21-13-15)18-10-12-22-23-18/h4-10,12-13H,2-3,11H2,1H3,(H,20,24)(H,22,23). The predicted octanol–water partition coefficient (Wildman–Crippen LogP) is 2.84. The normalized spacial score (nSPS) is 10.4. The molecule has 1 amide bonds. The first kappa shape index (κ1) is 16.7. The number of aromatic amines is 1. The molecule has 2 aromatic heterocycles. The minimum atomic E-state index is -0.113. The first-order valence-corrected chi connectivity index (χ1v) is 8.13. The van der Waals surface area contributed by atoms with Crippen LogP contribution in [0.5, 0.6) is 5.75 Å². The second-order valence-electron chi connectivity index (χ2n) is 5.61. The maximum atomic E-state index is 12.1. The Balaban J connectivity index is 1.45. The number of nitrogens with zero attached hydrogens (tertiary/aromatic N) is 2. The molecule has 6 nitrogen and oxygen atoms in total. The monoisotopic (exact) mass is 336 g/mol. The zero-order valence-corrected chi connectivity index (χ0v) is 14.0. The van der Waals surface area contributed by atoms with E-state index in [4.69, 9.17) is 4.74 Å². The van der Waals surface area contributed by atoms with E-state index in [0.29, 0.717) is 12.1 Å². The van der Waals surface area contributed by atoms with Gasteiger partial charge in [0, 0.05) is 18.9 Å². The molecule has 0 aliphatic carbocycles. The molecule has 128 valence electrons. The van der Waals surface area contributed by atoms with Gasteiger partial charge in [0.05, 0.1) is 24.1 Å². The average Bonchev–Trinajstić information content (AvgIpc) is 3.20. The number of hydrogen-bond donors (Lipinski definition) is 2. The Morgan fingerprint density at radius 1 is 1.16 bits per heavy atom. The van der Waals surface area contributed by atoms with Crippen molar-refractivity contribution >= 4 is 5.91 Å². The van der Waals surface area contributed by atoms with Gasteiger partial charge in [0.2, 0.25) is 0 Å². The maximum Gasteiger partial charge on any atom is 0.252 e. The molecule has 0 saturated heterocycles. The molecule has 2 N–H and O–H groups in total. The molecular formula is C19H20N4O2. The van der Waals surface area contributed by atoms with Crippen LogP contribution in [0, 0.1) is 0 Å². The lowest BCUT2D eigenvalue weighted by molar-refractivity contribution is 0.0953. The highest BCUT2D eigenvalue weighted by Gasteiger charge is 2.07. The van der Waals surface area contributed by atoms with Crippen LogP contribution in [0.15, 0.2) is 54.9 Å². The molecule has 3 aromatic rings. The number of rotatable bonds is 7. The van der Waals surface area contributed by atoms with E-state index in [9.17, 15) is 4.79 Å². The molecular weight excluding hydrogens is 316 g/mol. The Labute approximate surface area is 146 Å². The fourth-order valence-electron chi connectivity index (χ4n) is 2.47. The third-order valence-electron chi connectivity index (χ3n) is 3.89. The molecule has 6 heteroatoms. The first-order chi connectivity index (χ1) is 12.3. The van der Waals surface area contributed by atoms with E-state index in [1.165, 1.54) is 5.56 Å². The maximum absolute atomic E-state index is 12.1. The Morgan fingerprint density at radius 2 is 2.00 bits per heavy atom. The van der Waals surface area contributed by atoms with Crippen molar-refractivity contribution in [1.82, 2.24) is 20.5 Å². The summed E-state index contributed by atoms with van der Waals surface area (Å²) in [5.74, 6) is 0.738. The van der Waals surface area contributed by atoms with Crippen molar-refractivity contribution in [2.24, 2.45) is 0 Å². The van der Waals surface area contributed by atoms with Gasteiger partial charge in [-0.15, -0.1) is 0 Å². The Kier molecular flexibility index (Phi) is 5.41. The minimum Gasteiger partial charge on any atom is -0.497 e. The van der Waals surface area contributed by atoms with Gasteiger partial charge < -0.3 is 10.1 Å². The number of carbonyl (C=O) groups excluding carboxylic acids is 1. The predicted molar refractivity (Wildman–Crippen MR) is 95.5 cm³/mol. The van der Waals surface area contributed by atoms with Crippen molar-refractivity contribution in [3.63, 3.8) is 0 Å². The molecule has 0 aliphatic rings. The van der Waals surface area contributed by atoms with Crippen LogP contribution in [0.4, 0.5) is 0 Å². The fraction of sp³-hybridized carbons (Fsp3) is 0.211. The van der Waals surface area contributed by atoms with Crippen molar-refractivity contribution < 1.29 is 9.53 Å². The SMILES string of the molecule is COc1ccc(CCCNC(=O)c2ccc(-c3ccn[nH]3)nc2)cc1. The van der Waals surface area contributed by atoms with E-state index in [1.54, 1.807) is 31.6 Å². The van der Waals surface area contributed by atoms with Crippen molar-refractivity contribution in [2.45, 2.75) is 12.8 Å². The van der Waals surface area contributed by atoms with Gasteiger partial charge in [0.25, 0.3) is 5.91 Å². The number of aromatic nitrogens is 3. The second-order valence-corrected chi connectivity index (χ2v) is 5.61. The first-order valence-electron chi connectivity index (χ1n) is 8.13. The summed E-state index contributed by atoms with van der Waals surface area (Å²) in [5, 5.41) is 9.66. The number of ether oxygens (including phenoxy) is 1. The third-order valence-corrected chi connectivity index (χ3v) is 3.89. The van der Waals surface area contributed by atoms with Crippen LogP contribution in [-0.4, -0.2) is 34.7 Å². The molecule has 3 rings (SSSR count). The molecule has 1 aromatic carbocycles. The summed E-state index contributed by atoms with van der Waals surface area (Å²) < 4.78 is 5.14. The van der Waals surface area contributed by atoms with Crippen molar-refractivity contribution in [3.05, 3.63) is 66.0 Å². The number of H-pyrrole nitrogens is 1. The molecule has 0 fully saturated rings. The van der Waals surface area contributed by atoms with Crippen LogP contribution >= 0.6 is 0 Å². The lowest BCUT2D eigenvalue weighted by atomic mass is 10.1. The van der Waals surface area contributed by atoms with Crippen LogP contribution < -0.4 is 10.1 Å². The van der Waals surface area contributed by atoms with Gasteiger partial charge >= 0.3 is 0 Å². The van der Waals surface area contributed by atoms with E-state index in [2.05, 4.69) is 20.5 Å². The number of carbonyl (C=O) groups is 1. The highest BCUT2D eigenvalue weighted by Crippen LogP contribution is 2.14. The Hall–Kier alpha value is -3.15. The molecule has 0 saturated carbocycles. The number of aryl methyl sites for hydroxylation is 1. The largest absolute Gasteiger partial charge is 0.497 e. The molecule has 2 heterocycles. The van der Waals surface area contributed by atoms with E-state index >= 15 is 0 Å². The third kappa shape index (κ3) is 4.44. The van der Waals surface area contributed by atoms with Gasteiger partial charge in [-0.25, -0.2) is 0 Å². The Bertz CT molecular complexity index is 796. The van der Waals surface area contributed by atoms with Crippen LogP contribution in [0.1, 0.15) is 22.3 Å². The van der Waals surface area contributed by atoms with Crippen LogP contribution in [0.2, 0.25) is 0 Å². The van der Waals surface area contributed by atoms with Gasteiger partial charge in [-0.05, 0) is 48.7 Å². The van der Waals surface area contributed by atoms with E-state index in [1.807, 2.05) is 30.3 Å². The zero-order chi connectivity index (χ0) is 17.5. The van der Waals surface area contributed by atoms with Crippen molar-refractivity contribution in [2.75, 3.05) is 13.7 Å². The van der Waals surface area contributed by atoms with Gasteiger partial charge in [-0.2, -0.15) is 5.10 Å². The molecule has 25 heavy (non-hydrogen) atoms. The summed E-state index contributed by atoms with van der Waals surface area (Å²) in [5.41, 5.74) is 3.35. The minimum absolute atomic E-state index is 0.113. The average molecular weight is 336 g/mol. The summed E-state index contributed by atoms with van der Waals surface area (Å²) in [6.07, 6.45) is 5.02. The number of methoxy groups -OCH3 is 1. The summed E-state index contributed by atoms with van der Waals surface area (Å²) in [7, 11) is 1.65. The molecule has 0 unspecified atom stereocenters. The number of benzene rings is 1. The highest BCUT2D eigenvalue weighted by atomic mass is 16.5. The number of amides is 1. The van der Waals surface area contributed by atoms with E-state index < -0.39 is 0 Å². The topological polar surface area (TPSA) is 79.9 Å². The fourth-order valence-corrected chi connectivity index (χ4v) is 2.47. The van der Waals surface area contributed by atoms with Crippen molar-refractivity contribution in [3.8, 4) is 17.1 Å². The summed E-state index contributed by atoms with van der Waals surface area (Å²) in [6.45, 7) is 0.618.